The molecule has 2 aromatic rings. The van der Waals surface area contributed by atoms with Gasteiger partial charge in [0.2, 0.25) is 10.0 Å². The summed E-state index contributed by atoms with van der Waals surface area (Å²) >= 11 is 5.89. The number of aliphatic carboxylic acids is 1. The van der Waals surface area contributed by atoms with E-state index in [-0.39, 0.29) is 28.7 Å². The SMILES string of the molecule is CCC(CCCCCCCC(=O)O)NS(=O)(=O)c1ccccc1C(=O)c1ccc(Cl)cc1. The number of sulfonamides is 1. The van der Waals surface area contributed by atoms with Crippen molar-refractivity contribution in [2.75, 3.05) is 0 Å². The maximum atomic E-state index is 13.1. The van der Waals surface area contributed by atoms with Crippen LogP contribution < -0.4 is 4.72 Å². The Hall–Kier alpha value is -2.22. The summed E-state index contributed by atoms with van der Waals surface area (Å²) in [6.07, 6.45) is 5.71. The Bertz CT molecular complexity index is 1010. The van der Waals surface area contributed by atoms with Gasteiger partial charge in [0, 0.05) is 28.6 Å². The average Bonchev–Trinajstić information content (AvgIpc) is 2.77. The van der Waals surface area contributed by atoms with Crippen molar-refractivity contribution in [3.63, 3.8) is 0 Å². The van der Waals surface area contributed by atoms with Crippen molar-refractivity contribution in [2.45, 2.75) is 69.2 Å². The number of hydrogen-bond donors (Lipinski definition) is 2. The van der Waals surface area contributed by atoms with Crippen molar-refractivity contribution >= 4 is 33.4 Å². The highest BCUT2D eigenvalue weighted by Crippen LogP contribution is 2.22. The first-order chi connectivity index (χ1) is 15.2. The molecule has 0 aromatic heterocycles. The van der Waals surface area contributed by atoms with Gasteiger partial charge in [-0.15, -0.1) is 0 Å². The molecule has 2 N–H and O–H groups in total. The van der Waals surface area contributed by atoms with E-state index in [0.717, 1.165) is 25.7 Å². The van der Waals surface area contributed by atoms with Crippen LogP contribution in [0.4, 0.5) is 0 Å². The summed E-state index contributed by atoms with van der Waals surface area (Å²) < 4.78 is 29.0. The number of unbranched alkanes of at least 4 members (excludes halogenated alkanes) is 4. The van der Waals surface area contributed by atoms with Crippen LogP contribution in [-0.2, 0) is 14.8 Å². The van der Waals surface area contributed by atoms with Gasteiger partial charge >= 0.3 is 5.97 Å². The molecular formula is C24H30ClNO5S. The third-order valence-electron chi connectivity index (χ3n) is 5.29. The minimum atomic E-state index is -3.89. The smallest absolute Gasteiger partial charge is 0.303 e. The summed E-state index contributed by atoms with van der Waals surface area (Å²) in [5, 5.41) is 9.16. The normalized spacial score (nSPS) is 12.4. The Balaban J connectivity index is 2.02. The second kappa shape index (κ2) is 12.7. The van der Waals surface area contributed by atoms with Crippen molar-refractivity contribution in [3.05, 3.63) is 64.7 Å². The Kier molecular flexibility index (Phi) is 10.4. The van der Waals surface area contributed by atoms with Crippen LogP contribution in [0.15, 0.2) is 53.4 Å². The molecule has 0 heterocycles. The molecule has 2 rings (SSSR count). The number of carboxylic acid groups (broad SMARTS) is 1. The summed E-state index contributed by atoms with van der Waals surface area (Å²) in [7, 11) is -3.89. The van der Waals surface area contributed by atoms with Crippen LogP contribution in [0.1, 0.15) is 74.2 Å². The standard InChI is InChI=1S/C24H30ClNO5S/c1-2-20(10-6-4-3-5-7-13-23(27)28)26-32(30,31)22-12-9-8-11-21(22)24(29)18-14-16-19(25)17-15-18/h8-9,11-12,14-17,20,26H,2-7,10,13H2,1H3,(H,27,28). The van der Waals surface area contributed by atoms with Gasteiger partial charge in [-0.2, -0.15) is 0 Å². The molecule has 0 spiro atoms. The molecule has 174 valence electrons. The van der Waals surface area contributed by atoms with Crippen LogP contribution in [0.25, 0.3) is 0 Å². The Morgan fingerprint density at radius 1 is 0.969 bits per heavy atom. The molecule has 0 aliphatic rings. The van der Waals surface area contributed by atoms with Crippen LogP contribution in [0, 0.1) is 0 Å². The lowest BCUT2D eigenvalue weighted by molar-refractivity contribution is -0.137. The molecule has 0 radical (unpaired) electrons. The molecule has 0 aliphatic heterocycles. The molecule has 0 bridgehead atoms. The first-order valence-electron chi connectivity index (χ1n) is 10.9. The van der Waals surface area contributed by atoms with Crippen LogP contribution in [-0.4, -0.2) is 31.3 Å². The maximum absolute atomic E-state index is 13.1. The summed E-state index contributed by atoms with van der Waals surface area (Å²) in [6, 6.07) is 12.3. The van der Waals surface area contributed by atoms with Gasteiger partial charge in [-0.1, -0.05) is 56.3 Å². The lowest BCUT2D eigenvalue weighted by Gasteiger charge is -2.18. The van der Waals surface area contributed by atoms with E-state index in [1.54, 1.807) is 36.4 Å². The lowest BCUT2D eigenvalue weighted by Crippen LogP contribution is -2.35. The highest BCUT2D eigenvalue weighted by Gasteiger charge is 2.25. The van der Waals surface area contributed by atoms with Crippen LogP contribution >= 0.6 is 11.6 Å². The third kappa shape index (κ3) is 8.04. The van der Waals surface area contributed by atoms with E-state index < -0.39 is 16.0 Å². The molecule has 32 heavy (non-hydrogen) atoms. The van der Waals surface area contributed by atoms with Crippen LogP contribution in [0.3, 0.4) is 0 Å². The van der Waals surface area contributed by atoms with Crippen LogP contribution in [0.5, 0.6) is 0 Å². The van der Waals surface area contributed by atoms with E-state index in [4.69, 9.17) is 16.7 Å². The minimum absolute atomic E-state index is 0.0351. The van der Waals surface area contributed by atoms with Crippen molar-refractivity contribution in [2.24, 2.45) is 0 Å². The van der Waals surface area contributed by atoms with Crippen molar-refractivity contribution < 1.29 is 23.1 Å². The van der Waals surface area contributed by atoms with Crippen LogP contribution in [0.2, 0.25) is 5.02 Å². The number of benzene rings is 2. The highest BCUT2D eigenvalue weighted by molar-refractivity contribution is 7.89. The topological polar surface area (TPSA) is 101 Å². The molecule has 0 fully saturated rings. The molecule has 2 aromatic carbocycles. The Morgan fingerprint density at radius 2 is 1.59 bits per heavy atom. The van der Waals surface area contributed by atoms with Crippen molar-refractivity contribution in [1.29, 1.82) is 0 Å². The summed E-state index contributed by atoms with van der Waals surface area (Å²) in [5.74, 6) is -1.16. The predicted octanol–water partition coefficient (Wildman–Crippen LogP) is 5.44. The predicted molar refractivity (Wildman–Crippen MR) is 126 cm³/mol. The molecular weight excluding hydrogens is 450 g/mol. The monoisotopic (exact) mass is 479 g/mol. The van der Waals surface area contributed by atoms with Gasteiger partial charge in [0.05, 0.1) is 4.90 Å². The van der Waals surface area contributed by atoms with Gasteiger partial charge in [-0.05, 0) is 55.7 Å². The van der Waals surface area contributed by atoms with Gasteiger partial charge < -0.3 is 5.11 Å². The summed E-state index contributed by atoms with van der Waals surface area (Å²) in [4.78, 5) is 23.4. The Morgan fingerprint density at radius 3 is 2.25 bits per heavy atom. The van der Waals surface area contributed by atoms with Gasteiger partial charge in [0.25, 0.3) is 0 Å². The van der Waals surface area contributed by atoms with Gasteiger partial charge in [0.15, 0.2) is 5.78 Å². The van der Waals surface area contributed by atoms with Gasteiger partial charge in [-0.25, -0.2) is 13.1 Å². The molecule has 8 heteroatoms. The molecule has 0 saturated heterocycles. The van der Waals surface area contributed by atoms with E-state index in [1.807, 2.05) is 6.92 Å². The zero-order chi connectivity index (χ0) is 23.6. The average molecular weight is 480 g/mol. The van der Waals surface area contributed by atoms with Gasteiger partial charge in [0.1, 0.15) is 0 Å². The Labute approximate surface area is 195 Å². The molecule has 0 saturated carbocycles. The van der Waals surface area contributed by atoms with E-state index in [0.29, 0.717) is 29.8 Å². The number of carbonyl (C=O) groups excluding carboxylic acids is 1. The number of carbonyl (C=O) groups is 2. The van der Waals surface area contributed by atoms with E-state index in [9.17, 15) is 18.0 Å². The highest BCUT2D eigenvalue weighted by atomic mass is 35.5. The maximum Gasteiger partial charge on any atom is 0.303 e. The van der Waals surface area contributed by atoms with E-state index in [1.165, 1.54) is 12.1 Å². The van der Waals surface area contributed by atoms with Crippen molar-refractivity contribution in [3.8, 4) is 0 Å². The minimum Gasteiger partial charge on any atom is -0.481 e. The number of rotatable bonds is 14. The largest absolute Gasteiger partial charge is 0.481 e. The fourth-order valence-corrected chi connectivity index (χ4v) is 5.16. The van der Waals surface area contributed by atoms with E-state index >= 15 is 0 Å². The zero-order valence-electron chi connectivity index (χ0n) is 18.2. The van der Waals surface area contributed by atoms with Crippen molar-refractivity contribution in [1.82, 2.24) is 4.72 Å². The van der Waals surface area contributed by atoms with E-state index in [2.05, 4.69) is 4.72 Å². The molecule has 1 unspecified atom stereocenters. The quantitative estimate of drug-likeness (QED) is 0.277. The molecule has 0 amide bonds. The molecule has 6 nitrogen and oxygen atoms in total. The molecule has 0 aliphatic carbocycles. The number of halogens is 1. The number of nitrogens with one attached hydrogen (secondary N) is 1. The first-order valence-corrected chi connectivity index (χ1v) is 12.7. The fourth-order valence-electron chi connectivity index (χ4n) is 3.47. The number of ketones is 1. The zero-order valence-corrected chi connectivity index (χ0v) is 19.8. The number of carboxylic acids is 1. The second-order valence-electron chi connectivity index (χ2n) is 7.76. The third-order valence-corrected chi connectivity index (χ3v) is 7.12. The molecule has 1 atom stereocenters. The van der Waals surface area contributed by atoms with Gasteiger partial charge in [-0.3, -0.25) is 9.59 Å². The lowest BCUT2D eigenvalue weighted by atomic mass is 10.0. The summed E-state index contributed by atoms with van der Waals surface area (Å²) in [5.41, 5.74) is 0.489. The summed E-state index contributed by atoms with van der Waals surface area (Å²) in [6.45, 7) is 1.92. The first kappa shape index (κ1) is 26.0. The number of hydrogen-bond acceptors (Lipinski definition) is 4. The second-order valence-corrected chi connectivity index (χ2v) is 9.88. The fraction of sp³-hybridized carbons (Fsp3) is 0.417.